The number of rotatable bonds is 18. The van der Waals surface area contributed by atoms with Crippen LogP contribution in [0.3, 0.4) is 0 Å². The molecule has 0 aliphatic rings. The fourth-order valence-corrected chi connectivity index (χ4v) is 4.90. The highest BCUT2D eigenvalue weighted by atomic mass is 16.6. The van der Waals surface area contributed by atoms with Crippen molar-refractivity contribution in [1.29, 1.82) is 0 Å². The van der Waals surface area contributed by atoms with E-state index in [0.29, 0.717) is 12.1 Å². The Hall–Kier alpha value is -5.97. The molecule has 1 atom stereocenters. The molecule has 0 spiro atoms. The third kappa shape index (κ3) is 11.3. The molecule has 260 valence electrons. The molecule has 0 aliphatic carbocycles. The average Bonchev–Trinajstić information content (AvgIpc) is 3.14. The van der Waals surface area contributed by atoms with Gasteiger partial charge in [-0.05, 0) is 47.4 Å². The first-order valence-electron chi connectivity index (χ1n) is 16.3. The number of esters is 2. The molecule has 4 aromatic carbocycles. The average molecular weight is 681 g/mol. The van der Waals surface area contributed by atoms with Gasteiger partial charge in [-0.3, -0.25) is 9.59 Å². The number of carbonyl (C=O) groups excluding carboxylic acids is 4. The van der Waals surface area contributed by atoms with Crippen LogP contribution in [0.25, 0.3) is 0 Å². The van der Waals surface area contributed by atoms with Crippen LogP contribution in [0.15, 0.2) is 109 Å². The van der Waals surface area contributed by atoms with Crippen molar-refractivity contribution >= 4 is 29.7 Å². The van der Waals surface area contributed by atoms with Gasteiger partial charge in [-0.25, -0.2) is 14.4 Å². The lowest BCUT2D eigenvalue weighted by Crippen LogP contribution is -2.48. The Balaban J connectivity index is 1.48. The van der Waals surface area contributed by atoms with Crippen molar-refractivity contribution in [3.05, 3.63) is 137 Å². The van der Waals surface area contributed by atoms with Gasteiger partial charge in [0.15, 0.2) is 0 Å². The first-order chi connectivity index (χ1) is 24.2. The summed E-state index contributed by atoms with van der Waals surface area (Å²) in [4.78, 5) is 64.3. The number of aromatic carboxylic acids is 1. The van der Waals surface area contributed by atoms with Gasteiger partial charge in [0.05, 0.1) is 11.1 Å². The molecule has 50 heavy (non-hydrogen) atoms. The summed E-state index contributed by atoms with van der Waals surface area (Å²) in [7, 11) is 0. The van der Waals surface area contributed by atoms with Gasteiger partial charge in [0.2, 0.25) is 5.91 Å². The number of nitrogens with one attached hydrogen (secondary N) is 2. The van der Waals surface area contributed by atoms with Crippen LogP contribution in [0.5, 0.6) is 5.75 Å². The van der Waals surface area contributed by atoms with Crippen LogP contribution in [0, 0.1) is 0 Å². The van der Waals surface area contributed by atoms with Crippen molar-refractivity contribution in [2.75, 3.05) is 6.54 Å². The third-order valence-electron chi connectivity index (χ3n) is 7.60. The number of carbonyl (C=O) groups is 5. The molecule has 0 heterocycles. The van der Waals surface area contributed by atoms with Gasteiger partial charge in [0, 0.05) is 13.0 Å². The summed E-state index contributed by atoms with van der Waals surface area (Å²) in [6, 6.07) is 29.0. The van der Waals surface area contributed by atoms with Crippen LogP contribution in [-0.2, 0) is 43.5 Å². The highest BCUT2D eigenvalue weighted by Gasteiger charge is 2.33. The Morgan fingerprint density at radius 1 is 0.660 bits per heavy atom. The summed E-state index contributed by atoms with van der Waals surface area (Å²) < 4.78 is 16.6. The van der Waals surface area contributed by atoms with E-state index in [-0.39, 0.29) is 36.5 Å². The zero-order valence-corrected chi connectivity index (χ0v) is 27.7. The Kier molecular flexibility index (Phi) is 14.1. The summed E-state index contributed by atoms with van der Waals surface area (Å²) >= 11 is 0. The van der Waals surface area contributed by atoms with Crippen molar-refractivity contribution in [2.45, 2.75) is 58.0 Å². The van der Waals surface area contributed by atoms with E-state index >= 15 is 0 Å². The van der Waals surface area contributed by atoms with Crippen molar-refractivity contribution in [3.63, 3.8) is 0 Å². The van der Waals surface area contributed by atoms with Crippen LogP contribution in [0.2, 0.25) is 0 Å². The van der Waals surface area contributed by atoms with Crippen LogP contribution in [-0.4, -0.2) is 53.5 Å². The van der Waals surface area contributed by atoms with Crippen molar-refractivity contribution in [3.8, 4) is 5.75 Å². The second kappa shape index (κ2) is 19.1. The predicted octanol–water partition coefficient (Wildman–Crippen LogP) is 5.27. The standard InChI is InChI=1S/C39H40N2O9/c1-2-3-12-23-40-36(43)33(41-35(42)31-17-10-11-18-32(31)37(44)45)24-27-19-21-30(22-20-27)50-34(38(46)48-25-28-13-6-4-7-14-28)39(47)49-26-29-15-8-5-9-16-29/h4-11,13-22,33-34H,2-3,12,23-26H2,1H3,(H,40,43)(H,41,42)(H,44,45)/t33-/m0/s1. The predicted molar refractivity (Wildman–Crippen MR) is 184 cm³/mol. The molecule has 0 unspecified atom stereocenters. The molecular formula is C39H40N2O9. The second-order valence-electron chi connectivity index (χ2n) is 11.4. The van der Waals surface area contributed by atoms with Gasteiger partial charge in [-0.1, -0.05) is 105 Å². The Bertz CT molecular complexity index is 1670. The van der Waals surface area contributed by atoms with Gasteiger partial charge in [0.25, 0.3) is 12.0 Å². The summed E-state index contributed by atoms with van der Waals surface area (Å²) in [5.74, 6) is -4.10. The molecule has 11 heteroatoms. The van der Waals surface area contributed by atoms with Gasteiger partial charge >= 0.3 is 17.9 Å². The Morgan fingerprint density at radius 3 is 1.74 bits per heavy atom. The topological polar surface area (TPSA) is 157 Å². The number of benzene rings is 4. The summed E-state index contributed by atoms with van der Waals surface area (Å²) in [6.45, 7) is 2.31. The molecule has 0 fully saturated rings. The lowest BCUT2D eigenvalue weighted by molar-refractivity contribution is -0.168. The number of carboxylic acid groups (broad SMARTS) is 1. The maximum Gasteiger partial charge on any atom is 0.359 e. The molecule has 2 amide bonds. The zero-order chi connectivity index (χ0) is 35.7. The lowest BCUT2D eigenvalue weighted by Gasteiger charge is -2.20. The fraction of sp³-hybridized carbons (Fsp3) is 0.256. The minimum atomic E-state index is -1.72. The molecule has 11 nitrogen and oxygen atoms in total. The van der Waals surface area contributed by atoms with Crippen LogP contribution in [0.4, 0.5) is 0 Å². The minimum Gasteiger partial charge on any atom is -0.478 e. The molecule has 0 aromatic heterocycles. The van der Waals surface area contributed by atoms with Crippen molar-refractivity contribution < 1.29 is 43.3 Å². The monoisotopic (exact) mass is 680 g/mol. The van der Waals surface area contributed by atoms with Crippen molar-refractivity contribution in [2.24, 2.45) is 0 Å². The lowest BCUT2D eigenvalue weighted by atomic mass is 10.0. The first-order valence-corrected chi connectivity index (χ1v) is 16.3. The fourth-order valence-electron chi connectivity index (χ4n) is 4.90. The van der Waals surface area contributed by atoms with E-state index in [2.05, 4.69) is 10.6 Å². The highest BCUT2D eigenvalue weighted by molar-refractivity contribution is 6.06. The quantitative estimate of drug-likeness (QED) is 0.0724. The van der Waals surface area contributed by atoms with E-state index in [1.165, 1.54) is 30.3 Å². The molecule has 0 radical (unpaired) electrons. The molecule has 3 N–H and O–H groups in total. The first kappa shape index (κ1) is 36.9. The van der Waals surface area contributed by atoms with Crippen LogP contribution >= 0.6 is 0 Å². The Morgan fingerprint density at radius 2 is 1.20 bits per heavy atom. The maximum atomic E-state index is 13.2. The molecule has 0 aliphatic heterocycles. The van der Waals surface area contributed by atoms with Gasteiger partial charge in [0.1, 0.15) is 25.0 Å². The molecule has 0 saturated carbocycles. The van der Waals surface area contributed by atoms with E-state index in [1.807, 2.05) is 19.1 Å². The van der Waals surface area contributed by atoms with Gasteiger partial charge in [-0.2, -0.15) is 0 Å². The van der Waals surface area contributed by atoms with E-state index in [0.717, 1.165) is 30.4 Å². The number of carboxylic acids is 1. The van der Waals surface area contributed by atoms with Gasteiger partial charge < -0.3 is 30.0 Å². The number of unbranched alkanes of at least 4 members (excludes halogenated alkanes) is 2. The summed E-state index contributed by atoms with van der Waals surface area (Å²) in [5.41, 5.74) is 1.81. The minimum absolute atomic E-state index is 0.0581. The zero-order valence-electron chi connectivity index (χ0n) is 27.7. The summed E-state index contributed by atoms with van der Waals surface area (Å²) in [6.07, 6.45) is 0.990. The molecule has 0 saturated heterocycles. The Labute approximate surface area is 290 Å². The van der Waals surface area contributed by atoms with Crippen LogP contribution in [0.1, 0.15) is 63.6 Å². The van der Waals surface area contributed by atoms with E-state index in [4.69, 9.17) is 14.2 Å². The highest BCUT2D eigenvalue weighted by Crippen LogP contribution is 2.18. The molecule has 0 bridgehead atoms. The third-order valence-corrected chi connectivity index (χ3v) is 7.60. The number of hydrogen-bond donors (Lipinski definition) is 3. The van der Waals surface area contributed by atoms with Crippen LogP contribution < -0.4 is 15.4 Å². The van der Waals surface area contributed by atoms with E-state index < -0.39 is 41.9 Å². The smallest absolute Gasteiger partial charge is 0.359 e. The van der Waals surface area contributed by atoms with Gasteiger partial charge in [-0.15, -0.1) is 0 Å². The largest absolute Gasteiger partial charge is 0.478 e. The summed E-state index contributed by atoms with van der Waals surface area (Å²) in [5, 5.41) is 15.1. The van der Waals surface area contributed by atoms with Crippen molar-refractivity contribution in [1.82, 2.24) is 10.6 Å². The molecular weight excluding hydrogens is 640 g/mol. The SMILES string of the molecule is CCCCCNC(=O)[C@H](Cc1ccc(OC(C(=O)OCc2ccccc2)C(=O)OCc2ccccc2)cc1)NC(=O)c1ccccc1C(=O)O. The normalized spacial score (nSPS) is 11.2. The van der Waals surface area contributed by atoms with E-state index in [1.54, 1.807) is 66.7 Å². The number of ether oxygens (including phenoxy) is 3. The van der Waals surface area contributed by atoms with E-state index in [9.17, 15) is 29.1 Å². The molecule has 4 aromatic rings. The second-order valence-corrected chi connectivity index (χ2v) is 11.4. The number of hydrogen-bond acceptors (Lipinski definition) is 8. The number of amides is 2. The molecule has 4 rings (SSSR count). The maximum absolute atomic E-state index is 13.2.